The van der Waals surface area contributed by atoms with E-state index in [0.717, 1.165) is 33.5 Å². The van der Waals surface area contributed by atoms with Crippen LogP contribution in [-0.2, 0) is 6.54 Å². The van der Waals surface area contributed by atoms with Crippen LogP contribution in [0.1, 0.15) is 38.3 Å². The molecule has 0 radical (unpaired) electrons. The van der Waals surface area contributed by atoms with Gasteiger partial charge in [-0.25, -0.2) is 0 Å². The lowest BCUT2D eigenvalue weighted by Crippen LogP contribution is -2.27. The highest BCUT2D eigenvalue weighted by Gasteiger charge is 2.22. The number of rotatable bonds is 5. The Balaban J connectivity index is 1.92. The van der Waals surface area contributed by atoms with Crippen molar-refractivity contribution in [3.63, 3.8) is 0 Å². The molecular formula is C28H27N3O2. The Hall–Kier alpha value is -3.99. The fourth-order valence-electron chi connectivity index (χ4n) is 4.03. The van der Waals surface area contributed by atoms with Crippen LogP contribution in [0, 0.1) is 27.7 Å². The maximum absolute atomic E-state index is 13.6. The van der Waals surface area contributed by atoms with Gasteiger partial charge in [0.2, 0.25) is 0 Å². The van der Waals surface area contributed by atoms with Crippen LogP contribution < -0.4 is 10.7 Å². The molecular weight excluding hydrogens is 410 g/mol. The molecule has 0 spiro atoms. The Bertz CT molecular complexity index is 1390. The molecule has 0 fully saturated rings. The topological polar surface area (TPSA) is 64.0 Å². The summed E-state index contributed by atoms with van der Waals surface area (Å²) in [5.41, 5.74) is 6.92. The largest absolute Gasteiger partial charge is 0.340 e. The number of nitrogens with one attached hydrogen (secondary N) is 1. The number of carbonyl (C=O) groups is 1. The van der Waals surface area contributed by atoms with Gasteiger partial charge in [0, 0.05) is 36.4 Å². The van der Waals surface area contributed by atoms with Crippen molar-refractivity contribution >= 4 is 11.6 Å². The molecule has 5 heteroatoms. The van der Waals surface area contributed by atoms with Gasteiger partial charge in [-0.3, -0.25) is 14.6 Å². The molecule has 0 unspecified atom stereocenters. The van der Waals surface area contributed by atoms with E-state index in [1.807, 2.05) is 86.9 Å². The van der Waals surface area contributed by atoms with Gasteiger partial charge in [0.15, 0.2) is 5.43 Å². The van der Waals surface area contributed by atoms with Gasteiger partial charge in [0.1, 0.15) is 5.56 Å². The smallest absolute Gasteiger partial charge is 0.261 e. The van der Waals surface area contributed by atoms with Crippen molar-refractivity contribution in [1.82, 2.24) is 9.55 Å². The zero-order chi connectivity index (χ0) is 23.5. The fourth-order valence-corrected chi connectivity index (χ4v) is 4.03. The Morgan fingerprint density at radius 1 is 0.939 bits per heavy atom. The fraction of sp³-hybridized carbons (Fsp3) is 0.179. The summed E-state index contributed by atoms with van der Waals surface area (Å²) >= 11 is 0. The van der Waals surface area contributed by atoms with Crippen molar-refractivity contribution in [2.75, 3.05) is 5.32 Å². The number of anilines is 1. The highest BCUT2D eigenvalue weighted by atomic mass is 16.2. The normalized spacial score (nSPS) is 10.8. The highest BCUT2D eigenvalue weighted by Crippen LogP contribution is 2.27. The predicted molar refractivity (Wildman–Crippen MR) is 133 cm³/mol. The molecule has 4 aromatic rings. The molecule has 0 aliphatic heterocycles. The zero-order valence-electron chi connectivity index (χ0n) is 19.3. The number of nitrogens with zero attached hydrogens (tertiary/aromatic N) is 2. The average molecular weight is 438 g/mol. The molecule has 1 N–H and O–H groups in total. The van der Waals surface area contributed by atoms with Crippen molar-refractivity contribution in [3.05, 3.63) is 117 Å². The molecule has 0 aliphatic rings. The maximum atomic E-state index is 13.6. The van der Waals surface area contributed by atoms with E-state index in [0.29, 0.717) is 17.9 Å². The van der Waals surface area contributed by atoms with E-state index in [4.69, 9.17) is 0 Å². The Labute approximate surface area is 193 Å². The van der Waals surface area contributed by atoms with Crippen LogP contribution >= 0.6 is 0 Å². The van der Waals surface area contributed by atoms with Gasteiger partial charge in [-0.15, -0.1) is 0 Å². The lowest BCUT2D eigenvalue weighted by Gasteiger charge is -2.21. The van der Waals surface area contributed by atoms with Crippen molar-refractivity contribution < 1.29 is 4.79 Å². The van der Waals surface area contributed by atoms with Crippen molar-refractivity contribution in [1.29, 1.82) is 0 Å². The molecule has 0 saturated heterocycles. The first-order valence-electron chi connectivity index (χ1n) is 10.9. The summed E-state index contributed by atoms with van der Waals surface area (Å²) in [4.78, 5) is 30.9. The molecule has 33 heavy (non-hydrogen) atoms. The summed E-state index contributed by atoms with van der Waals surface area (Å²) in [7, 11) is 0. The standard InChI is InChI=1S/C28H27N3O2/c1-18-7-5-9-23(15-18)27-26(28(33)30-24-10-6-8-19(2)21(24)4)25(32)16-20(3)31(27)17-22-11-13-29-14-12-22/h5-16H,17H2,1-4H3,(H,30,33). The molecule has 0 bridgehead atoms. The van der Waals surface area contributed by atoms with Crippen LogP contribution in [0.25, 0.3) is 11.3 Å². The minimum absolute atomic E-state index is 0.140. The Morgan fingerprint density at radius 2 is 1.67 bits per heavy atom. The van der Waals surface area contributed by atoms with E-state index in [9.17, 15) is 9.59 Å². The number of aryl methyl sites for hydroxylation is 3. The maximum Gasteiger partial charge on any atom is 0.261 e. The summed E-state index contributed by atoms with van der Waals surface area (Å²) < 4.78 is 2.03. The van der Waals surface area contributed by atoms with Crippen molar-refractivity contribution in [2.45, 2.75) is 34.2 Å². The zero-order valence-corrected chi connectivity index (χ0v) is 19.3. The monoisotopic (exact) mass is 437 g/mol. The number of amides is 1. The first-order valence-corrected chi connectivity index (χ1v) is 10.9. The van der Waals surface area contributed by atoms with E-state index < -0.39 is 5.91 Å². The van der Waals surface area contributed by atoms with E-state index in [1.165, 1.54) is 0 Å². The second-order valence-corrected chi connectivity index (χ2v) is 8.39. The molecule has 5 nitrogen and oxygen atoms in total. The Kier molecular flexibility index (Phi) is 6.22. The summed E-state index contributed by atoms with van der Waals surface area (Å²) in [6, 6.07) is 19.1. The molecule has 2 aromatic heterocycles. The van der Waals surface area contributed by atoms with Crippen LogP contribution in [0.4, 0.5) is 5.69 Å². The SMILES string of the molecule is Cc1cccc(-c2c(C(=O)Nc3cccc(C)c3C)c(=O)cc(C)n2Cc2ccncc2)c1. The molecule has 166 valence electrons. The predicted octanol–water partition coefficient (Wildman–Crippen LogP) is 5.44. The highest BCUT2D eigenvalue weighted by molar-refractivity contribution is 6.08. The van der Waals surface area contributed by atoms with Gasteiger partial charge in [-0.2, -0.15) is 0 Å². The third-order valence-electron chi connectivity index (χ3n) is 5.98. The number of benzene rings is 2. The van der Waals surface area contributed by atoms with Gasteiger partial charge in [-0.1, -0.05) is 35.9 Å². The lowest BCUT2D eigenvalue weighted by atomic mass is 10.0. The minimum atomic E-state index is -0.409. The molecule has 2 aromatic carbocycles. The second kappa shape index (κ2) is 9.25. The van der Waals surface area contributed by atoms with Crippen LogP contribution in [0.2, 0.25) is 0 Å². The number of hydrogen-bond donors (Lipinski definition) is 1. The average Bonchev–Trinajstić information content (AvgIpc) is 2.79. The second-order valence-electron chi connectivity index (χ2n) is 8.39. The van der Waals surface area contributed by atoms with Gasteiger partial charge in [-0.05, 0) is 74.2 Å². The number of aromatic nitrogens is 2. The van der Waals surface area contributed by atoms with E-state index in [2.05, 4.69) is 10.3 Å². The quantitative estimate of drug-likeness (QED) is 0.452. The molecule has 4 rings (SSSR count). The van der Waals surface area contributed by atoms with Crippen molar-refractivity contribution in [2.24, 2.45) is 0 Å². The van der Waals surface area contributed by atoms with Gasteiger partial charge in [0.05, 0.1) is 5.69 Å². The first kappa shape index (κ1) is 22.2. The van der Waals surface area contributed by atoms with Gasteiger partial charge in [0.25, 0.3) is 5.91 Å². The molecule has 0 atom stereocenters. The third kappa shape index (κ3) is 4.62. The van der Waals surface area contributed by atoms with Gasteiger partial charge < -0.3 is 9.88 Å². The molecule has 0 saturated carbocycles. The van der Waals surface area contributed by atoms with Crippen LogP contribution in [0.5, 0.6) is 0 Å². The van der Waals surface area contributed by atoms with Crippen molar-refractivity contribution in [3.8, 4) is 11.3 Å². The van der Waals surface area contributed by atoms with E-state index in [-0.39, 0.29) is 11.0 Å². The van der Waals surface area contributed by atoms with Crippen LogP contribution in [-0.4, -0.2) is 15.5 Å². The van der Waals surface area contributed by atoms with E-state index >= 15 is 0 Å². The number of pyridine rings is 2. The minimum Gasteiger partial charge on any atom is -0.340 e. The molecule has 0 aliphatic carbocycles. The summed E-state index contributed by atoms with van der Waals surface area (Å²) in [5, 5.41) is 2.98. The van der Waals surface area contributed by atoms with Crippen LogP contribution in [0.3, 0.4) is 0 Å². The summed E-state index contributed by atoms with van der Waals surface area (Å²) in [5.74, 6) is -0.409. The number of carbonyl (C=O) groups excluding carboxylic acids is 1. The van der Waals surface area contributed by atoms with Crippen LogP contribution in [0.15, 0.2) is 77.9 Å². The first-order chi connectivity index (χ1) is 15.8. The lowest BCUT2D eigenvalue weighted by molar-refractivity contribution is 0.102. The molecule has 1 amide bonds. The third-order valence-corrected chi connectivity index (χ3v) is 5.98. The Morgan fingerprint density at radius 3 is 2.39 bits per heavy atom. The summed E-state index contributed by atoms with van der Waals surface area (Å²) in [6.45, 7) is 8.37. The summed E-state index contributed by atoms with van der Waals surface area (Å²) in [6.07, 6.45) is 3.49. The molecule has 2 heterocycles. The number of hydrogen-bond acceptors (Lipinski definition) is 3. The van der Waals surface area contributed by atoms with E-state index in [1.54, 1.807) is 18.5 Å². The van der Waals surface area contributed by atoms with Gasteiger partial charge >= 0.3 is 0 Å².